The summed E-state index contributed by atoms with van der Waals surface area (Å²) in [4.78, 5) is 0. The molecule has 0 saturated heterocycles. The van der Waals surface area contributed by atoms with Crippen LogP contribution >= 0.6 is 0 Å². The summed E-state index contributed by atoms with van der Waals surface area (Å²) >= 11 is 0. The monoisotopic (exact) mass is 177 g/mol. The highest BCUT2D eigenvalue weighted by molar-refractivity contribution is 5.21. The van der Waals surface area contributed by atoms with Gasteiger partial charge >= 0.3 is 0 Å². The van der Waals surface area contributed by atoms with Crippen LogP contribution in [0.15, 0.2) is 30.3 Å². The second-order valence-corrected chi connectivity index (χ2v) is 3.16. The van der Waals surface area contributed by atoms with E-state index >= 15 is 0 Å². The zero-order chi connectivity index (χ0) is 9.52. The largest absolute Gasteiger partial charge is 0.490 e. The highest BCUT2D eigenvalue weighted by Crippen LogP contribution is 2.12. The molecule has 0 aliphatic rings. The average Bonchev–Trinajstić information content (AvgIpc) is 2.16. The SMILES string of the molecule is CCC[CH][C@H](C)Oc1ccccc1. The van der Waals surface area contributed by atoms with E-state index in [9.17, 15) is 0 Å². The fourth-order valence-electron chi connectivity index (χ4n) is 1.16. The molecule has 1 heteroatoms. The molecular weight excluding hydrogens is 160 g/mol. The number of unbranched alkanes of at least 4 members (excludes halogenated alkanes) is 1. The molecule has 0 saturated carbocycles. The lowest BCUT2D eigenvalue weighted by Crippen LogP contribution is -2.11. The standard InChI is InChI=1S/C12H17O/c1-3-4-8-11(2)13-12-9-6-5-7-10-12/h5-11H,3-4H2,1-2H3/t11-/m0/s1. The van der Waals surface area contributed by atoms with E-state index in [0.29, 0.717) is 0 Å². The summed E-state index contributed by atoms with van der Waals surface area (Å²) in [6.45, 7) is 4.24. The van der Waals surface area contributed by atoms with Crippen LogP contribution in [-0.2, 0) is 0 Å². The number of rotatable bonds is 5. The molecule has 0 unspecified atom stereocenters. The van der Waals surface area contributed by atoms with Crippen molar-refractivity contribution in [3.63, 3.8) is 0 Å². The van der Waals surface area contributed by atoms with Gasteiger partial charge in [-0.1, -0.05) is 31.5 Å². The van der Waals surface area contributed by atoms with Crippen molar-refractivity contribution in [1.29, 1.82) is 0 Å². The molecular formula is C12H17O. The summed E-state index contributed by atoms with van der Waals surface area (Å²) in [5.74, 6) is 0.947. The first-order valence-electron chi connectivity index (χ1n) is 4.88. The van der Waals surface area contributed by atoms with Crippen LogP contribution in [0.2, 0.25) is 0 Å². The number of ether oxygens (including phenoxy) is 1. The number of hydrogen-bond acceptors (Lipinski definition) is 1. The van der Waals surface area contributed by atoms with Gasteiger partial charge in [0.15, 0.2) is 0 Å². The van der Waals surface area contributed by atoms with E-state index in [1.165, 1.54) is 6.42 Å². The average molecular weight is 177 g/mol. The van der Waals surface area contributed by atoms with Gasteiger partial charge in [-0.05, 0) is 25.5 Å². The minimum absolute atomic E-state index is 0.211. The third-order valence-corrected chi connectivity index (χ3v) is 1.85. The van der Waals surface area contributed by atoms with Crippen molar-refractivity contribution < 1.29 is 4.74 Å². The van der Waals surface area contributed by atoms with Gasteiger partial charge in [0.2, 0.25) is 0 Å². The summed E-state index contributed by atoms with van der Waals surface area (Å²) < 4.78 is 5.66. The smallest absolute Gasteiger partial charge is 0.119 e. The maximum Gasteiger partial charge on any atom is 0.119 e. The van der Waals surface area contributed by atoms with Crippen LogP contribution in [0.5, 0.6) is 5.75 Å². The summed E-state index contributed by atoms with van der Waals surface area (Å²) in [6.07, 6.45) is 4.71. The lowest BCUT2D eigenvalue weighted by molar-refractivity contribution is 0.249. The Balaban J connectivity index is 2.32. The molecule has 1 aromatic carbocycles. The van der Waals surface area contributed by atoms with Gasteiger partial charge in [0.25, 0.3) is 0 Å². The van der Waals surface area contributed by atoms with Gasteiger partial charge in [-0.25, -0.2) is 0 Å². The van der Waals surface area contributed by atoms with Gasteiger partial charge in [0.05, 0.1) is 6.10 Å². The van der Waals surface area contributed by atoms with Crippen LogP contribution in [0.25, 0.3) is 0 Å². The van der Waals surface area contributed by atoms with E-state index in [1.54, 1.807) is 0 Å². The zero-order valence-corrected chi connectivity index (χ0v) is 8.36. The van der Waals surface area contributed by atoms with Crippen LogP contribution in [0, 0.1) is 6.42 Å². The highest BCUT2D eigenvalue weighted by atomic mass is 16.5. The van der Waals surface area contributed by atoms with Gasteiger partial charge in [0.1, 0.15) is 5.75 Å². The lowest BCUT2D eigenvalue weighted by Gasteiger charge is -2.13. The minimum Gasteiger partial charge on any atom is -0.490 e. The molecule has 0 aliphatic heterocycles. The van der Waals surface area contributed by atoms with Crippen molar-refractivity contribution >= 4 is 0 Å². The molecule has 0 aromatic heterocycles. The van der Waals surface area contributed by atoms with E-state index in [2.05, 4.69) is 20.3 Å². The summed E-state index contributed by atoms with van der Waals surface area (Å²) in [5.41, 5.74) is 0. The number of hydrogen-bond donors (Lipinski definition) is 0. The van der Waals surface area contributed by atoms with Crippen molar-refractivity contribution in [2.45, 2.75) is 32.8 Å². The Morgan fingerprint density at radius 3 is 2.62 bits per heavy atom. The van der Waals surface area contributed by atoms with E-state index in [0.717, 1.165) is 12.2 Å². The molecule has 0 bridgehead atoms. The molecule has 71 valence electrons. The molecule has 0 amide bonds. The molecule has 1 atom stereocenters. The third-order valence-electron chi connectivity index (χ3n) is 1.85. The van der Waals surface area contributed by atoms with E-state index in [4.69, 9.17) is 4.74 Å². The van der Waals surface area contributed by atoms with Crippen LogP contribution in [0.3, 0.4) is 0 Å². The van der Waals surface area contributed by atoms with Gasteiger partial charge < -0.3 is 4.74 Å². The minimum atomic E-state index is 0.211. The van der Waals surface area contributed by atoms with Crippen LogP contribution in [0.4, 0.5) is 0 Å². The quantitative estimate of drug-likeness (QED) is 0.669. The Hall–Kier alpha value is -0.980. The van der Waals surface area contributed by atoms with Gasteiger partial charge in [0, 0.05) is 6.42 Å². The molecule has 0 N–H and O–H groups in total. The zero-order valence-electron chi connectivity index (χ0n) is 8.36. The summed E-state index contributed by atoms with van der Waals surface area (Å²) in [6, 6.07) is 9.93. The first kappa shape index (κ1) is 10.1. The van der Waals surface area contributed by atoms with Crippen molar-refractivity contribution in [2.24, 2.45) is 0 Å². The van der Waals surface area contributed by atoms with Crippen molar-refractivity contribution in [1.82, 2.24) is 0 Å². The Kier molecular flexibility index (Phi) is 4.37. The van der Waals surface area contributed by atoms with Gasteiger partial charge in [-0.3, -0.25) is 0 Å². The molecule has 1 nitrogen and oxygen atoms in total. The van der Waals surface area contributed by atoms with Gasteiger partial charge in [-0.2, -0.15) is 0 Å². The first-order chi connectivity index (χ1) is 6.33. The Morgan fingerprint density at radius 2 is 2.00 bits per heavy atom. The van der Waals surface area contributed by atoms with Crippen molar-refractivity contribution in [2.75, 3.05) is 0 Å². The molecule has 0 spiro atoms. The van der Waals surface area contributed by atoms with E-state index in [1.807, 2.05) is 30.3 Å². The summed E-state index contributed by atoms with van der Waals surface area (Å²) in [5, 5.41) is 0. The normalized spacial score (nSPS) is 12.5. The molecule has 0 fully saturated rings. The first-order valence-corrected chi connectivity index (χ1v) is 4.88. The predicted molar refractivity (Wildman–Crippen MR) is 55.7 cm³/mol. The number of para-hydroxylation sites is 1. The maximum atomic E-state index is 5.66. The highest BCUT2D eigenvalue weighted by Gasteiger charge is 2.02. The molecule has 1 rings (SSSR count). The fraction of sp³-hybridized carbons (Fsp3) is 0.417. The Morgan fingerprint density at radius 1 is 1.31 bits per heavy atom. The van der Waals surface area contributed by atoms with Crippen LogP contribution in [-0.4, -0.2) is 6.10 Å². The molecule has 0 heterocycles. The van der Waals surface area contributed by atoms with E-state index < -0.39 is 0 Å². The topological polar surface area (TPSA) is 9.23 Å². The third kappa shape index (κ3) is 3.97. The molecule has 0 aliphatic carbocycles. The molecule has 1 radical (unpaired) electrons. The summed E-state index contributed by atoms with van der Waals surface area (Å²) in [7, 11) is 0. The number of benzene rings is 1. The van der Waals surface area contributed by atoms with E-state index in [-0.39, 0.29) is 6.10 Å². The Bertz CT molecular complexity index is 218. The predicted octanol–water partition coefficient (Wildman–Crippen LogP) is 3.46. The molecule has 13 heavy (non-hydrogen) atoms. The fourth-order valence-corrected chi connectivity index (χ4v) is 1.16. The van der Waals surface area contributed by atoms with Crippen LogP contribution < -0.4 is 4.74 Å². The van der Waals surface area contributed by atoms with Crippen LogP contribution in [0.1, 0.15) is 26.7 Å². The van der Waals surface area contributed by atoms with Gasteiger partial charge in [-0.15, -0.1) is 0 Å². The second-order valence-electron chi connectivity index (χ2n) is 3.16. The van der Waals surface area contributed by atoms with Crippen molar-refractivity contribution in [3.05, 3.63) is 36.8 Å². The maximum absolute atomic E-state index is 5.66. The Labute approximate surface area is 80.7 Å². The lowest BCUT2D eigenvalue weighted by atomic mass is 10.2. The van der Waals surface area contributed by atoms with Crippen molar-refractivity contribution in [3.8, 4) is 5.75 Å². The second kappa shape index (κ2) is 5.63. The molecule has 1 aromatic rings.